The number of hydrogen-bond acceptors (Lipinski definition) is 4. The van der Waals surface area contributed by atoms with E-state index in [0.717, 1.165) is 64.3 Å². The Morgan fingerprint density at radius 1 is 1.04 bits per heavy atom. The summed E-state index contributed by atoms with van der Waals surface area (Å²) in [6.45, 7) is 7.13. The maximum atomic E-state index is 12.5. The number of carbonyl (C=O) groups excluding carboxylic acids is 1. The van der Waals surface area contributed by atoms with E-state index in [9.17, 15) is 4.79 Å². The van der Waals surface area contributed by atoms with Gasteiger partial charge in [-0.2, -0.15) is 0 Å². The van der Waals surface area contributed by atoms with Crippen LogP contribution in [0.1, 0.15) is 27.9 Å². The summed E-state index contributed by atoms with van der Waals surface area (Å²) in [4.78, 5) is 17.3. The average molecular weight is 380 g/mol. The number of fused-ring (bicyclic) bond motifs is 1. The van der Waals surface area contributed by atoms with Crippen molar-refractivity contribution in [2.45, 2.75) is 19.4 Å². The van der Waals surface area contributed by atoms with Crippen LogP contribution >= 0.6 is 0 Å². The minimum atomic E-state index is 0.0191. The summed E-state index contributed by atoms with van der Waals surface area (Å²) in [5.41, 5.74) is 4.72. The number of ether oxygens (including phenoxy) is 1. The zero-order chi connectivity index (χ0) is 19.2. The summed E-state index contributed by atoms with van der Waals surface area (Å²) >= 11 is 0. The highest BCUT2D eigenvalue weighted by Crippen LogP contribution is 2.27. The highest BCUT2D eigenvalue weighted by Gasteiger charge is 2.17. The number of morpholine rings is 1. The average Bonchev–Trinajstić information content (AvgIpc) is 3.15. The predicted octanol–water partition coefficient (Wildman–Crippen LogP) is 2.70. The van der Waals surface area contributed by atoms with Gasteiger partial charge in [-0.25, -0.2) is 0 Å². The molecule has 0 aliphatic carbocycles. The van der Waals surface area contributed by atoms with Gasteiger partial charge in [-0.1, -0.05) is 30.3 Å². The number of carbonyl (C=O) groups is 1. The van der Waals surface area contributed by atoms with Crippen molar-refractivity contribution in [2.24, 2.45) is 0 Å². The highest BCUT2D eigenvalue weighted by atomic mass is 16.5. The van der Waals surface area contributed by atoms with Crippen LogP contribution < -0.4 is 10.2 Å². The fourth-order valence-corrected chi connectivity index (χ4v) is 4.04. The first kappa shape index (κ1) is 19.0. The number of rotatable bonds is 7. The molecule has 2 aromatic carbocycles. The summed E-state index contributed by atoms with van der Waals surface area (Å²) < 4.78 is 5.40. The predicted molar refractivity (Wildman–Crippen MR) is 112 cm³/mol. The lowest BCUT2D eigenvalue weighted by molar-refractivity contribution is 0.0342. The van der Waals surface area contributed by atoms with Crippen molar-refractivity contribution in [3.05, 3.63) is 65.2 Å². The maximum absolute atomic E-state index is 12.5. The van der Waals surface area contributed by atoms with E-state index in [-0.39, 0.29) is 5.91 Å². The smallest absolute Gasteiger partial charge is 0.251 e. The highest BCUT2D eigenvalue weighted by molar-refractivity contribution is 5.94. The van der Waals surface area contributed by atoms with Gasteiger partial charge in [-0.05, 0) is 42.2 Å². The zero-order valence-corrected chi connectivity index (χ0v) is 16.4. The first-order valence-electron chi connectivity index (χ1n) is 10.3. The van der Waals surface area contributed by atoms with E-state index in [1.165, 1.54) is 16.8 Å². The molecule has 4 rings (SSSR count). The SMILES string of the molecule is O=C(NCCCN1CCc2ccccc21)c1cccc(CN2CCOCC2)c1. The number of nitrogens with one attached hydrogen (secondary N) is 1. The summed E-state index contributed by atoms with van der Waals surface area (Å²) in [5, 5.41) is 3.08. The Hall–Kier alpha value is -2.37. The molecule has 2 heterocycles. The summed E-state index contributed by atoms with van der Waals surface area (Å²) in [6.07, 6.45) is 2.08. The number of anilines is 1. The minimum absolute atomic E-state index is 0.0191. The lowest BCUT2D eigenvalue weighted by Gasteiger charge is -2.26. The summed E-state index contributed by atoms with van der Waals surface area (Å²) in [5.74, 6) is 0.0191. The van der Waals surface area contributed by atoms with Crippen LogP contribution in [0.25, 0.3) is 0 Å². The molecule has 2 aliphatic rings. The molecule has 0 radical (unpaired) electrons. The van der Waals surface area contributed by atoms with Crippen LogP contribution in [-0.4, -0.2) is 56.7 Å². The fraction of sp³-hybridized carbons (Fsp3) is 0.435. The molecule has 2 aliphatic heterocycles. The largest absolute Gasteiger partial charge is 0.379 e. The van der Waals surface area contributed by atoms with Crippen LogP contribution in [0.5, 0.6) is 0 Å². The summed E-state index contributed by atoms with van der Waals surface area (Å²) in [6, 6.07) is 16.6. The third kappa shape index (κ3) is 4.72. The molecule has 5 nitrogen and oxygen atoms in total. The number of amides is 1. The fourth-order valence-electron chi connectivity index (χ4n) is 4.04. The number of nitrogens with zero attached hydrogens (tertiary/aromatic N) is 2. The van der Waals surface area contributed by atoms with Crippen LogP contribution in [-0.2, 0) is 17.7 Å². The number of hydrogen-bond donors (Lipinski definition) is 1. The lowest BCUT2D eigenvalue weighted by atomic mass is 10.1. The second-order valence-electron chi connectivity index (χ2n) is 7.56. The van der Waals surface area contributed by atoms with Crippen molar-refractivity contribution in [3.8, 4) is 0 Å². The van der Waals surface area contributed by atoms with Gasteiger partial charge in [-0.3, -0.25) is 9.69 Å². The van der Waals surface area contributed by atoms with Crippen molar-refractivity contribution < 1.29 is 9.53 Å². The first-order valence-corrected chi connectivity index (χ1v) is 10.3. The molecule has 0 bridgehead atoms. The molecule has 0 unspecified atom stereocenters. The van der Waals surface area contributed by atoms with Crippen molar-refractivity contribution in [1.82, 2.24) is 10.2 Å². The van der Waals surface area contributed by atoms with Crippen molar-refractivity contribution in [3.63, 3.8) is 0 Å². The monoisotopic (exact) mass is 379 g/mol. The molecule has 0 aromatic heterocycles. The van der Waals surface area contributed by atoms with Crippen LogP contribution in [0.15, 0.2) is 48.5 Å². The van der Waals surface area contributed by atoms with Crippen molar-refractivity contribution >= 4 is 11.6 Å². The Kier molecular flexibility index (Phi) is 6.24. The van der Waals surface area contributed by atoms with Crippen LogP contribution in [0.2, 0.25) is 0 Å². The van der Waals surface area contributed by atoms with Gasteiger partial charge < -0.3 is 15.0 Å². The van der Waals surface area contributed by atoms with Crippen molar-refractivity contribution in [2.75, 3.05) is 50.8 Å². The van der Waals surface area contributed by atoms with Gasteiger partial charge in [0.2, 0.25) is 0 Å². The molecular weight excluding hydrogens is 350 g/mol. The molecule has 0 atom stereocenters. The van der Waals surface area contributed by atoms with E-state index in [1.54, 1.807) is 0 Å². The van der Waals surface area contributed by atoms with Crippen LogP contribution in [0.3, 0.4) is 0 Å². The van der Waals surface area contributed by atoms with Gasteiger partial charge in [0.25, 0.3) is 5.91 Å². The molecule has 1 amide bonds. The quantitative estimate of drug-likeness (QED) is 0.752. The normalized spacial score (nSPS) is 16.8. The van der Waals surface area contributed by atoms with Gasteiger partial charge in [0.1, 0.15) is 0 Å². The third-order valence-electron chi connectivity index (χ3n) is 5.57. The molecule has 1 fully saturated rings. The lowest BCUT2D eigenvalue weighted by Crippen LogP contribution is -2.35. The molecule has 28 heavy (non-hydrogen) atoms. The van der Waals surface area contributed by atoms with E-state index >= 15 is 0 Å². The van der Waals surface area contributed by atoms with Gasteiger partial charge in [0, 0.05) is 50.5 Å². The van der Waals surface area contributed by atoms with Gasteiger partial charge >= 0.3 is 0 Å². The van der Waals surface area contributed by atoms with E-state index in [0.29, 0.717) is 6.54 Å². The number of benzene rings is 2. The molecule has 2 aromatic rings. The van der Waals surface area contributed by atoms with Gasteiger partial charge in [-0.15, -0.1) is 0 Å². The van der Waals surface area contributed by atoms with E-state index in [1.807, 2.05) is 18.2 Å². The van der Waals surface area contributed by atoms with Gasteiger partial charge in [0.15, 0.2) is 0 Å². The first-order chi connectivity index (χ1) is 13.8. The van der Waals surface area contributed by atoms with Crippen LogP contribution in [0.4, 0.5) is 5.69 Å². The Morgan fingerprint density at radius 2 is 1.89 bits per heavy atom. The standard InChI is InChI=1S/C23H29N3O2/c27-23(21-7-3-5-19(17-21)18-25-13-15-28-16-14-25)24-10-4-11-26-12-9-20-6-1-2-8-22(20)26/h1-3,5-8,17H,4,9-16,18H2,(H,24,27). The molecule has 1 saturated heterocycles. The molecular formula is C23H29N3O2. The second-order valence-corrected chi connectivity index (χ2v) is 7.56. The summed E-state index contributed by atoms with van der Waals surface area (Å²) in [7, 11) is 0. The van der Waals surface area contributed by atoms with E-state index < -0.39 is 0 Å². The zero-order valence-electron chi connectivity index (χ0n) is 16.4. The Balaban J connectivity index is 1.23. The molecule has 148 valence electrons. The molecule has 5 heteroatoms. The third-order valence-corrected chi connectivity index (χ3v) is 5.57. The topological polar surface area (TPSA) is 44.8 Å². The van der Waals surface area contributed by atoms with Crippen LogP contribution in [0, 0.1) is 0 Å². The minimum Gasteiger partial charge on any atom is -0.379 e. The number of para-hydroxylation sites is 1. The van der Waals surface area contributed by atoms with Gasteiger partial charge in [0.05, 0.1) is 13.2 Å². The Morgan fingerprint density at radius 3 is 2.79 bits per heavy atom. The Labute approximate surface area is 167 Å². The van der Waals surface area contributed by atoms with Crippen molar-refractivity contribution in [1.29, 1.82) is 0 Å². The van der Waals surface area contributed by atoms with E-state index in [4.69, 9.17) is 4.74 Å². The van der Waals surface area contributed by atoms with E-state index in [2.05, 4.69) is 45.4 Å². The Bertz CT molecular complexity index is 802. The second kappa shape index (κ2) is 9.22. The molecule has 0 spiro atoms. The molecule has 0 saturated carbocycles. The maximum Gasteiger partial charge on any atom is 0.251 e. The molecule has 1 N–H and O–H groups in total.